The lowest BCUT2D eigenvalue weighted by molar-refractivity contribution is 0.141. The van der Waals surface area contributed by atoms with Gasteiger partial charge in [-0.05, 0) is 6.07 Å². The number of β-amino-alcohol motifs (C(OH)–C–C–N with tert-alkyl or cyclic N) is 1. The third kappa shape index (κ3) is 1.21. The molecule has 64 valence electrons. The zero-order valence-electron chi connectivity index (χ0n) is 6.64. The summed E-state index contributed by atoms with van der Waals surface area (Å²) in [6.07, 6.45) is 1.48. The Balaban J connectivity index is 2.13. The molecule has 3 N–H and O–H groups in total. The predicted molar refractivity (Wildman–Crippen MR) is 46.9 cm³/mol. The smallest absolute Gasteiger partial charge is 0.130 e. The highest BCUT2D eigenvalue weighted by Gasteiger charge is 2.25. The molecule has 1 aliphatic heterocycles. The van der Waals surface area contributed by atoms with Crippen molar-refractivity contribution in [1.29, 1.82) is 0 Å². The van der Waals surface area contributed by atoms with Crippen LogP contribution in [0.3, 0.4) is 0 Å². The number of nitrogen functional groups attached to an aromatic ring is 1. The minimum Gasteiger partial charge on any atom is -0.399 e. The average molecular weight is 165 g/mol. The van der Waals surface area contributed by atoms with Crippen LogP contribution in [0.2, 0.25) is 0 Å². The molecule has 0 aromatic carbocycles. The lowest BCUT2D eigenvalue weighted by atomic mass is 10.2. The Hall–Kier alpha value is -1.29. The minimum absolute atomic E-state index is 0.201. The summed E-state index contributed by atoms with van der Waals surface area (Å²) in [5.41, 5.74) is 6.29. The van der Waals surface area contributed by atoms with Gasteiger partial charge in [-0.15, -0.1) is 0 Å². The lowest BCUT2D eigenvalue weighted by Crippen LogP contribution is -2.51. The summed E-state index contributed by atoms with van der Waals surface area (Å²) in [4.78, 5) is 6.12. The molecule has 12 heavy (non-hydrogen) atoms. The Kier molecular flexibility index (Phi) is 1.62. The number of aliphatic hydroxyl groups is 1. The van der Waals surface area contributed by atoms with Crippen LogP contribution in [0.25, 0.3) is 0 Å². The van der Waals surface area contributed by atoms with Gasteiger partial charge in [-0.3, -0.25) is 0 Å². The quantitative estimate of drug-likeness (QED) is 0.607. The van der Waals surface area contributed by atoms with Crippen molar-refractivity contribution in [3.63, 3.8) is 0 Å². The summed E-state index contributed by atoms with van der Waals surface area (Å²) in [6, 6.07) is 3.56. The Bertz CT molecular complexity index is 283. The van der Waals surface area contributed by atoms with E-state index in [2.05, 4.69) is 4.98 Å². The molecule has 0 spiro atoms. The number of nitrogens with zero attached hydrogens (tertiary/aromatic N) is 2. The van der Waals surface area contributed by atoms with Crippen LogP contribution in [-0.4, -0.2) is 29.3 Å². The van der Waals surface area contributed by atoms with Gasteiger partial charge in [-0.1, -0.05) is 0 Å². The molecule has 0 saturated carbocycles. The highest BCUT2D eigenvalue weighted by atomic mass is 16.3. The fourth-order valence-corrected chi connectivity index (χ4v) is 1.25. The molecule has 0 atom stereocenters. The molecule has 2 heterocycles. The van der Waals surface area contributed by atoms with Crippen molar-refractivity contribution in [1.82, 2.24) is 4.98 Å². The van der Waals surface area contributed by atoms with E-state index in [9.17, 15) is 0 Å². The monoisotopic (exact) mass is 165 g/mol. The van der Waals surface area contributed by atoms with Gasteiger partial charge in [0.1, 0.15) is 5.82 Å². The Morgan fingerprint density at radius 1 is 1.58 bits per heavy atom. The minimum atomic E-state index is -0.201. The SMILES string of the molecule is Nc1ccnc(N2CC(O)C2)c1. The maximum absolute atomic E-state index is 9.05. The van der Waals surface area contributed by atoms with Crippen molar-refractivity contribution in [2.45, 2.75) is 6.10 Å². The molecular formula is C8H11N3O. The fourth-order valence-electron chi connectivity index (χ4n) is 1.25. The van der Waals surface area contributed by atoms with Gasteiger partial charge in [0, 0.05) is 31.0 Å². The number of anilines is 2. The van der Waals surface area contributed by atoms with E-state index in [-0.39, 0.29) is 6.10 Å². The van der Waals surface area contributed by atoms with Crippen LogP contribution in [0, 0.1) is 0 Å². The molecule has 0 aliphatic carbocycles. The van der Waals surface area contributed by atoms with Gasteiger partial charge in [0.05, 0.1) is 6.10 Å². The van der Waals surface area contributed by atoms with Gasteiger partial charge in [-0.25, -0.2) is 4.98 Å². The third-order valence-electron chi connectivity index (χ3n) is 1.96. The predicted octanol–water partition coefficient (Wildman–Crippen LogP) is -0.155. The van der Waals surface area contributed by atoms with Crippen LogP contribution in [0.5, 0.6) is 0 Å². The Morgan fingerprint density at radius 3 is 2.92 bits per heavy atom. The summed E-state index contributed by atoms with van der Waals surface area (Å²) >= 11 is 0. The first-order chi connectivity index (χ1) is 5.75. The maximum Gasteiger partial charge on any atom is 0.130 e. The molecule has 1 aromatic rings. The zero-order chi connectivity index (χ0) is 8.55. The van der Waals surface area contributed by atoms with Crippen molar-refractivity contribution in [3.8, 4) is 0 Å². The molecule has 0 radical (unpaired) electrons. The molecular weight excluding hydrogens is 154 g/mol. The van der Waals surface area contributed by atoms with E-state index in [1.165, 1.54) is 0 Å². The highest BCUT2D eigenvalue weighted by Crippen LogP contribution is 2.19. The first kappa shape index (κ1) is 7.36. The zero-order valence-corrected chi connectivity index (χ0v) is 6.64. The van der Waals surface area contributed by atoms with Crippen LogP contribution in [0.1, 0.15) is 0 Å². The van der Waals surface area contributed by atoms with Gasteiger partial charge in [0.15, 0.2) is 0 Å². The largest absolute Gasteiger partial charge is 0.399 e. The van der Waals surface area contributed by atoms with Crippen molar-refractivity contribution >= 4 is 11.5 Å². The van der Waals surface area contributed by atoms with Gasteiger partial charge in [-0.2, -0.15) is 0 Å². The lowest BCUT2D eigenvalue weighted by Gasteiger charge is -2.36. The number of hydrogen-bond donors (Lipinski definition) is 2. The number of rotatable bonds is 1. The van der Waals surface area contributed by atoms with Crippen LogP contribution in [0.4, 0.5) is 11.5 Å². The number of aliphatic hydroxyl groups excluding tert-OH is 1. The first-order valence-corrected chi connectivity index (χ1v) is 3.90. The Labute approximate surface area is 70.6 Å². The third-order valence-corrected chi connectivity index (χ3v) is 1.96. The van der Waals surface area contributed by atoms with Crippen LogP contribution in [0.15, 0.2) is 18.3 Å². The number of pyridine rings is 1. The molecule has 2 rings (SSSR count). The van der Waals surface area contributed by atoms with E-state index in [1.807, 2.05) is 11.0 Å². The van der Waals surface area contributed by atoms with Gasteiger partial charge < -0.3 is 15.7 Å². The van der Waals surface area contributed by atoms with Gasteiger partial charge in [0.25, 0.3) is 0 Å². The number of hydrogen-bond acceptors (Lipinski definition) is 4. The second-order valence-corrected chi connectivity index (χ2v) is 3.01. The summed E-state index contributed by atoms with van der Waals surface area (Å²) in [5.74, 6) is 0.848. The van der Waals surface area contributed by atoms with Crippen molar-refractivity contribution in [3.05, 3.63) is 18.3 Å². The normalized spacial score (nSPS) is 17.6. The molecule has 1 fully saturated rings. The second-order valence-electron chi connectivity index (χ2n) is 3.01. The summed E-state index contributed by atoms with van der Waals surface area (Å²) < 4.78 is 0. The van der Waals surface area contributed by atoms with E-state index < -0.39 is 0 Å². The molecule has 1 aromatic heterocycles. The molecule has 4 heteroatoms. The molecule has 0 amide bonds. The van der Waals surface area contributed by atoms with Crippen molar-refractivity contribution < 1.29 is 5.11 Å². The second kappa shape index (κ2) is 2.64. The first-order valence-electron chi connectivity index (χ1n) is 3.90. The average Bonchev–Trinajstić information content (AvgIpc) is 1.99. The van der Waals surface area contributed by atoms with Gasteiger partial charge >= 0.3 is 0 Å². The summed E-state index contributed by atoms with van der Waals surface area (Å²) in [7, 11) is 0. The molecule has 0 bridgehead atoms. The van der Waals surface area contributed by atoms with E-state index in [0.717, 1.165) is 5.82 Å². The number of nitrogens with two attached hydrogens (primary N) is 1. The summed E-state index contributed by atoms with van der Waals surface area (Å²) in [5, 5.41) is 9.05. The van der Waals surface area contributed by atoms with Crippen LogP contribution < -0.4 is 10.6 Å². The standard InChI is InChI=1S/C8H11N3O/c9-6-1-2-10-8(3-6)11-4-7(12)5-11/h1-3,7,12H,4-5H2,(H2,9,10). The van der Waals surface area contributed by atoms with E-state index >= 15 is 0 Å². The Morgan fingerprint density at radius 2 is 2.33 bits per heavy atom. The van der Waals surface area contributed by atoms with E-state index in [0.29, 0.717) is 18.8 Å². The van der Waals surface area contributed by atoms with Crippen LogP contribution in [-0.2, 0) is 0 Å². The molecule has 0 unspecified atom stereocenters. The van der Waals surface area contributed by atoms with E-state index in [4.69, 9.17) is 10.8 Å². The molecule has 1 aliphatic rings. The van der Waals surface area contributed by atoms with Gasteiger partial charge in [0.2, 0.25) is 0 Å². The van der Waals surface area contributed by atoms with Crippen molar-refractivity contribution in [2.24, 2.45) is 0 Å². The highest BCUT2D eigenvalue weighted by molar-refractivity contribution is 5.51. The molecule has 1 saturated heterocycles. The number of aromatic nitrogens is 1. The van der Waals surface area contributed by atoms with E-state index in [1.54, 1.807) is 12.3 Å². The molecule has 4 nitrogen and oxygen atoms in total. The topological polar surface area (TPSA) is 62.4 Å². The maximum atomic E-state index is 9.05. The van der Waals surface area contributed by atoms with Crippen LogP contribution >= 0.6 is 0 Å². The van der Waals surface area contributed by atoms with Crippen molar-refractivity contribution in [2.75, 3.05) is 23.7 Å². The summed E-state index contributed by atoms with van der Waals surface area (Å²) in [6.45, 7) is 1.33. The fraction of sp³-hybridized carbons (Fsp3) is 0.375.